The quantitative estimate of drug-likeness (QED) is 0.503. The highest BCUT2D eigenvalue weighted by atomic mass is 14.9. The molecule has 2 heterocycles. The fourth-order valence-electron chi connectivity index (χ4n) is 3.07. The summed E-state index contributed by atoms with van der Waals surface area (Å²) in [5.41, 5.74) is 4.90. The predicted molar refractivity (Wildman–Crippen MR) is 87.2 cm³/mol. The maximum atomic E-state index is 3.56. The Kier molecular flexibility index (Phi) is 2.58. The number of para-hydroxylation sites is 1. The van der Waals surface area contributed by atoms with Gasteiger partial charge in [0.2, 0.25) is 5.69 Å². The molecule has 2 aromatic heterocycles. The molecule has 0 saturated carbocycles. The number of hydrogen-bond acceptors (Lipinski definition) is 0. The molecule has 2 aromatic carbocycles. The molecule has 2 heteroatoms. The third-order valence-electron chi connectivity index (χ3n) is 4.22. The summed E-state index contributed by atoms with van der Waals surface area (Å²) in [4.78, 5) is 3.56. The first-order valence-corrected chi connectivity index (χ1v) is 7.20. The number of benzene rings is 2. The molecule has 0 saturated heterocycles. The van der Waals surface area contributed by atoms with E-state index in [1.807, 2.05) is 0 Å². The minimum atomic E-state index is 1.19. The number of pyridine rings is 1. The van der Waals surface area contributed by atoms with Crippen molar-refractivity contribution >= 4 is 21.7 Å². The third kappa shape index (κ3) is 1.83. The molecule has 0 aliphatic rings. The van der Waals surface area contributed by atoms with E-state index < -0.39 is 0 Å². The Morgan fingerprint density at radius 1 is 0.905 bits per heavy atom. The summed E-state index contributed by atoms with van der Waals surface area (Å²) in [5, 5.41) is 3.82. The van der Waals surface area contributed by atoms with Gasteiger partial charge in [-0.05, 0) is 30.0 Å². The molecule has 0 unspecified atom stereocenters. The number of hydrogen-bond donors (Lipinski definition) is 1. The van der Waals surface area contributed by atoms with E-state index in [1.165, 1.54) is 38.6 Å². The Bertz CT molecular complexity index is 964. The zero-order valence-electron chi connectivity index (χ0n) is 12.2. The number of fused-ring (bicyclic) bond motifs is 2. The van der Waals surface area contributed by atoms with Crippen LogP contribution in [0, 0.1) is 6.92 Å². The van der Waals surface area contributed by atoms with Crippen molar-refractivity contribution in [2.75, 3.05) is 0 Å². The van der Waals surface area contributed by atoms with Gasteiger partial charge in [-0.2, -0.15) is 4.57 Å². The normalized spacial score (nSPS) is 11.3. The van der Waals surface area contributed by atoms with Crippen molar-refractivity contribution in [1.82, 2.24) is 4.98 Å². The summed E-state index contributed by atoms with van der Waals surface area (Å²) < 4.78 is 2.19. The lowest BCUT2D eigenvalue weighted by atomic mass is 10.1. The van der Waals surface area contributed by atoms with E-state index in [9.17, 15) is 0 Å². The first-order valence-electron chi connectivity index (χ1n) is 7.20. The van der Waals surface area contributed by atoms with Gasteiger partial charge in [0.05, 0.1) is 0 Å². The number of aromatic amines is 1. The van der Waals surface area contributed by atoms with E-state index in [4.69, 9.17) is 0 Å². The van der Waals surface area contributed by atoms with Crippen LogP contribution in [-0.2, 0) is 7.05 Å². The van der Waals surface area contributed by atoms with Crippen LogP contribution >= 0.6 is 0 Å². The van der Waals surface area contributed by atoms with Crippen LogP contribution in [-0.4, -0.2) is 4.98 Å². The Hall–Kier alpha value is -2.61. The number of aryl methyl sites for hydroxylation is 2. The van der Waals surface area contributed by atoms with Gasteiger partial charge in [-0.1, -0.05) is 36.4 Å². The minimum absolute atomic E-state index is 1.19. The highest BCUT2D eigenvalue weighted by Gasteiger charge is 2.17. The van der Waals surface area contributed by atoms with E-state index >= 15 is 0 Å². The second kappa shape index (κ2) is 4.45. The van der Waals surface area contributed by atoms with E-state index in [1.54, 1.807) is 0 Å². The van der Waals surface area contributed by atoms with Crippen LogP contribution < -0.4 is 4.57 Å². The summed E-state index contributed by atoms with van der Waals surface area (Å²) >= 11 is 0. The Balaban J connectivity index is 2.03. The van der Waals surface area contributed by atoms with Crippen LogP contribution in [0.25, 0.3) is 33.1 Å². The first kappa shape index (κ1) is 12.2. The molecule has 21 heavy (non-hydrogen) atoms. The van der Waals surface area contributed by atoms with Gasteiger partial charge in [-0.15, -0.1) is 0 Å². The predicted octanol–water partition coefficient (Wildman–Crippen LogP) is 4.12. The van der Waals surface area contributed by atoms with Gasteiger partial charge in [0.1, 0.15) is 12.7 Å². The maximum Gasteiger partial charge on any atom is 0.229 e. The zero-order chi connectivity index (χ0) is 14.4. The number of H-pyrrole nitrogens is 1. The monoisotopic (exact) mass is 273 g/mol. The molecule has 1 N–H and O–H groups in total. The maximum absolute atomic E-state index is 3.56. The minimum Gasteiger partial charge on any atom is -0.349 e. The van der Waals surface area contributed by atoms with E-state index in [-0.39, 0.29) is 0 Å². The van der Waals surface area contributed by atoms with Crippen LogP contribution in [0.1, 0.15) is 5.56 Å². The smallest absolute Gasteiger partial charge is 0.229 e. The van der Waals surface area contributed by atoms with Crippen molar-refractivity contribution in [3.05, 3.63) is 66.4 Å². The highest BCUT2D eigenvalue weighted by Crippen LogP contribution is 2.28. The number of nitrogens with zero attached hydrogens (tertiary/aromatic N) is 1. The van der Waals surface area contributed by atoms with Crippen molar-refractivity contribution < 1.29 is 4.57 Å². The largest absolute Gasteiger partial charge is 0.349 e. The van der Waals surface area contributed by atoms with Crippen molar-refractivity contribution in [3.8, 4) is 11.4 Å². The number of nitrogens with one attached hydrogen (secondary N) is 1. The van der Waals surface area contributed by atoms with Crippen LogP contribution in [0.4, 0.5) is 0 Å². The molecule has 0 spiro atoms. The lowest BCUT2D eigenvalue weighted by molar-refractivity contribution is -0.659. The summed E-state index contributed by atoms with van der Waals surface area (Å²) in [5.74, 6) is 0. The van der Waals surface area contributed by atoms with Crippen molar-refractivity contribution in [2.24, 2.45) is 7.05 Å². The van der Waals surface area contributed by atoms with Crippen LogP contribution in [0.3, 0.4) is 0 Å². The summed E-state index contributed by atoms with van der Waals surface area (Å²) in [6.07, 6.45) is 2.19. The zero-order valence-corrected chi connectivity index (χ0v) is 12.2. The molecular formula is C19H17N2+. The Morgan fingerprint density at radius 2 is 1.62 bits per heavy atom. The first-order chi connectivity index (χ1) is 10.2. The lowest BCUT2D eigenvalue weighted by Crippen LogP contribution is -2.30. The SMILES string of the molecule is Cc1c(-c2cc3ccccc3c[n+]2C)[nH]c2ccccc12. The van der Waals surface area contributed by atoms with Crippen molar-refractivity contribution in [1.29, 1.82) is 0 Å². The Labute approximate surface area is 123 Å². The molecule has 0 atom stereocenters. The molecular weight excluding hydrogens is 256 g/mol. The molecule has 0 radical (unpaired) electrons. The van der Waals surface area contributed by atoms with E-state index in [0.717, 1.165) is 0 Å². The molecule has 0 bridgehead atoms. The van der Waals surface area contributed by atoms with Gasteiger partial charge in [-0.3, -0.25) is 0 Å². The van der Waals surface area contributed by atoms with Crippen LogP contribution in [0.15, 0.2) is 60.8 Å². The van der Waals surface area contributed by atoms with Crippen LogP contribution in [0.2, 0.25) is 0 Å². The molecule has 4 rings (SSSR count). The average Bonchev–Trinajstić information content (AvgIpc) is 2.84. The molecule has 0 aliphatic carbocycles. The summed E-state index contributed by atoms with van der Waals surface area (Å²) in [6, 6.07) is 19.2. The number of aromatic nitrogens is 2. The van der Waals surface area contributed by atoms with Gasteiger partial charge in [0, 0.05) is 22.4 Å². The standard InChI is InChI=1S/C19H16N2/c1-13-16-9-5-6-10-17(16)20-19(13)18-11-14-7-3-4-8-15(14)12-21(18)2/h3-12H,1-2H3/p+1. The second-order valence-electron chi connectivity index (χ2n) is 5.57. The molecule has 4 aromatic rings. The van der Waals surface area contributed by atoms with E-state index in [0.29, 0.717) is 0 Å². The molecule has 102 valence electrons. The fourth-order valence-corrected chi connectivity index (χ4v) is 3.07. The molecule has 0 fully saturated rings. The van der Waals surface area contributed by atoms with Gasteiger partial charge in [-0.25, -0.2) is 0 Å². The molecule has 0 aliphatic heterocycles. The van der Waals surface area contributed by atoms with Gasteiger partial charge in [0.25, 0.3) is 0 Å². The van der Waals surface area contributed by atoms with Gasteiger partial charge < -0.3 is 4.98 Å². The van der Waals surface area contributed by atoms with E-state index in [2.05, 4.69) is 84.3 Å². The fraction of sp³-hybridized carbons (Fsp3) is 0.105. The molecule has 0 amide bonds. The van der Waals surface area contributed by atoms with Gasteiger partial charge in [0.15, 0.2) is 6.20 Å². The third-order valence-corrected chi connectivity index (χ3v) is 4.22. The Morgan fingerprint density at radius 3 is 2.43 bits per heavy atom. The highest BCUT2D eigenvalue weighted by molar-refractivity contribution is 5.91. The summed E-state index contributed by atoms with van der Waals surface area (Å²) in [6.45, 7) is 2.18. The molecule has 2 nitrogen and oxygen atoms in total. The van der Waals surface area contributed by atoms with Crippen LogP contribution in [0.5, 0.6) is 0 Å². The van der Waals surface area contributed by atoms with Crippen molar-refractivity contribution in [3.63, 3.8) is 0 Å². The van der Waals surface area contributed by atoms with Gasteiger partial charge >= 0.3 is 0 Å². The lowest BCUT2D eigenvalue weighted by Gasteiger charge is -2.02. The second-order valence-corrected chi connectivity index (χ2v) is 5.57. The summed E-state index contributed by atoms with van der Waals surface area (Å²) in [7, 11) is 2.10. The van der Waals surface area contributed by atoms with Crippen molar-refractivity contribution in [2.45, 2.75) is 6.92 Å². The topological polar surface area (TPSA) is 19.7 Å². The number of rotatable bonds is 1. The average molecular weight is 273 g/mol.